The summed E-state index contributed by atoms with van der Waals surface area (Å²) in [5.41, 5.74) is 1.05. The first-order valence-electron chi connectivity index (χ1n) is 7.21. The van der Waals surface area contributed by atoms with Crippen LogP contribution < -0.4 is 5.32 Å². The van der Waals surface area contributed by atoms with Crippen LogP contribution in [0.3, 0.4) is 0 Å². The number of hydrogen-bond donors (Lipinski definition) is 1. The van der Waals surface area contributed by atoms with E-state index in [1.807, 2.05) is 13.8 Å². The van der Waals surface area contributed by atoms with Crippen LogP contribution in [0.25, 0.3) is 0 Å². The average molecular weight is 276 g/mol. The smallest absolute Gasteiger partial charge is 0.243 e. The second kappa shape index (κ2) is 5.75. The van der Waals surface area contributed by atoms with Gasteiger partial charge in [0.1, 0.15) is 5.76 Å². The SMILES string of the molecule is Cc1oncc1CNC(C)c1nc(C2CCCC2)no1. The molecule has 3 rings (SSSR count). The molecule has 20 heavy (non-hydrogen) atoms. The molecule has 0 aromatic carbocycles. The Hall–Kier alpha value is -1.69. The molecule has 0 aliphatic heterocycles. The van der Waals surface area contributed by atoms with E-state index >= 15 is 0 Å². The zero-order chi connectivity index (χ0) is 13.9. The molecule has 2 aromatic rings. The Balaban J connectivity index is 1.59. The third-order valence-corrected chi connectivity index (χ3v) is 4.00. The molecule has 6 nitrogen and oxygen atoms in total. The van der Waals surface area contributed by atoms with Crippen molar-refractivity contribution in [1.29, 1.82) is 0 Å². The van der Waals surface area contributed by atoms with Crippen molar-refractivity contribution in [2.45, 2.75) is 58.0 Å². The number of aromatic nitrogens is 3. The van der Waals surface area contributed by atoms with Gasteiger partial charge in [-0.3, -0.25) is 0 Å². The van der Waals surface area contributed by atoms with Gasteiger partial charge in [-0.05, 0) is 26.7 Å². The minimum atomic E-state index is 0.0203. The number of nitrogens with zero attached hydrogens (tertiary/aromatic N) is 3. The molecule has 2 aromatic heterocycles. The van der Waals surface area contributed by atoms with Crippen molar-refractivity contribution in [3.8, 4) is 0 Å². The lowest BCUT2D eigenvalue weighted by Crippen LogP contribution is -2.18. The first kappa shape index (κ1) is 13.3. The van der Waals surface area contributed by atoms with E-state index < -0.39 is 0 Å². The van der Waals surface area contributed by atoms with Crippen molar-refractivity contribution < 1.29 is 9.05 Å². The summed E-state index contributed by atoms with van der Waals surface area (Å²) in [5, 5.41) is 11.2. The second-order valence-corrected chi connectivity index (χ2v) is 5.48. The fraction of sp³-hybridized carbons (Fsp3) is 0.643. The third kappa shape index (κ3) is 2.75. The van der Waals surface area contributed by atoms with E-state index in [1.54, 1.807) is 6.20 Å². The van der Waals surface area contributed by atoms with Crippen LogP contribution in [0, 0.1) is 6.92 Å². The maximum atomic E-state index is 5.38. The summed E-state index contributed by atoms with van der Waals surface area (Å²) in [6, 6.07) is 0.0203. The van der Waals surface area contributed by atoms with Crippen molar-refractivity contribution in [3.63, 3.8) is 0 Å². The number of aryl methyl sites for hydroxylation is 1. The number of rotatable bonds is 5. The van der Waals surface area contributed by atoms with Gasteiger partial charge in [0.15, 0.2) is 5.82 Å². The average Bonchev–Trinajstić information content (AvgIpc) is 3.17. The summed E-state index contributed by atoms with van der Waals surface area (Å²) >= 11 is 0. The van der Waals surface area contributed by atoms with E-state index in [9.17, 15) is 0 Å². The molecular weight excluding hydrogens is 256 g/mol. The van der Waals surface area contributed by atoms with Gasteiger partial charge in [-0.25, -0.2) is 0 Å². The largest absolute Gasteiger partial charge is 0.361 e. The molecule has 0 spiro atoms. The molecule has 0 radical (unpaired) electrons. The van der Waals surface area contributed by atoms with Crippen LogP contribution in [0.4, 0.5) is 0 Å². The maximum absolute atomic E-state index is 5.38. The Morgan fingerprint density at radius 1 is 1.35 bits per heavy atom. The molecule has 1 aliphatic rings. The molecular formula is C14H20N4O2. The second-order valence-electron chi connectivity index (χ2n) is 5.48. The van der Waals surface area contributed by atoms with E-state index in [1.165, 1.54) is 25.7 Å². The van der Waals surface area contributed by atoms with Crippen molar-refractivity contribution >= 4 is 0 Å². The van der Waals surface area contributed by atoms with Crippen molar-refractivity contribution in [1.82, 2.24) is 20.6 Å². The summed E-state index contributed by atoms with van der Waals surface area (Å²) in [4.78, 5) is 4.54. The van der Waals surface area contributed by atoms with Gasteiger partial charge < -0.3 is 14.4 Å². The van der Waals surface area contributed by atoms with Gasteiger partial charge >= 0.3 is 0 Å². The molecule has 1 aliphatic carbocycles. The van der Waals surface area contributed by atoms with Gasteiger partial charge in [-0.15, -0.1) is 0 Å². The Bertz CT molecular complexity index is 557. The van der Waals surface area contributed by atoms with E-state index in [-0.39, 0.29) is 6.04 Å². The van der Waals surface area contributed by atoms with Gasteiger partial charge in [0, 0.05) is 18.0 Å². The highest BCUT2D eigenvalue weighted by molar-refractivity contribution is 5.11. The molecule has 1 fully saturated rings. The van der Waals surface area contributed by atoms with Crippen molar-refractivity contribution in [2.24, 2.45) is 0 Å². The predicted octanol–water partition coefficient (Wildman–Crippen LogP) is 2.87. The van der Waals surface area contributed by atoms with Gasteiger partial charge in [0.05, 0.1) is 12.2 Å². The summed E-state index contributed by atoms with van der Waals surface area (Å²) in [6.45, 7) is 4.60. The van der Waals surface area contributed by atoms with E-state index in [0.717, 1.165) is 17.1 Å². The van der Waals surface area contributed by atoms with Crippen LogP contribution in [-0.2, 0) is 6.54 Å². The first-order chi connectivity index (χ1) is 9.74. The Kier molecular flexibility index (Phi) is 3.82. The summed E-state index contributed by atoms with van der Waals surface area (Å²) in [6.07, 6.45) is 6.64. The summed E-state index contributed by atoms with van der Waals surface area (Å²) in [5.74, 6) is 2.84. The van der Waals surface area contributed by atoms with Crippen LogP contribution >= 0.6 is 0 Å². The fourth-order valence-electron chi connectivity index (χ4n) is 2.61. The van der Waals surface area contributed by atoms with Crippen molar-refractivity contribution in [2.75, 3.05) is 0 Å². The fourth-order valence-corrected chi connectivity index (χ4v) is 2.61. The minimum absolute atomic E-state index is 0.0203. The van der Waals surface area contributed by atoms with Gasteiger partial charge in [-0.2, -0.15) is 4.98 Å². The summed E-state index contributed by atoms with van der Waals surface area (Å²) < 4.78 is 10.4. The first-order valence-corrected chi connectivity index (χ1v) is 7.21. The van der Waals surface area contributed by atoms with Crippen LogP contribution in [0.5, 0.6) is 0 Å². The zero-order valence-corrected chi connectivity index (χ0v) is 11.9. The maximum Gasteiger partial charge on any atom is 0.243 e. The quantitative estimate of drug-likeness (QED) is 0.904. The highest BCUT2D eigenvalue weighted by atomic mass is 16.5. The van der Waals surface area contributed by atoms with Crippen LogP contribution in [0.15, 0.2) is 15.2 Å². The lowest BCUT2D eigenvalue weighted by molar-refractivity contribution is 0.333. The lowest BCUT2D eigenvalue weighted by Gasteiger charge is -2.08. The Labute approximate surface area is 117 Å². The van der Waals surface area contributed by atoms with Gasteiger partial charge in [0.25, 0.3) is 0 Å². The molecule has 108 valence electrons. The van der Waals surface area contributed by atoms with Crippen LogP contribution in [-0.4, -0.2) is 15.3 Å². The molecule has 0 saturated heterocycles. The monoisotopic (exact) mass is 276 g/mol. The van der Waals surface area contributed by atoms with Gasteiger partial charge in [0.2, 0.25) is 5.89 Å². The predicted molar refractivity (Wildman–Crippen MR) is 72.0 cm³/mol. The van der Waals surface area contributed by atoms with E-state index in [4.69, 9.17) is 9.05 Å². The number of nitrogens with one attached hydrogen (secondary N) is 1. The minimum Gasteiger partial charge on any atom is -0.361 e. The van der Waals surface area contributed by atoms with Crippen LogP contribution in [0.1, 0.15) is 67.6 Å². The molecule has 2 heterocycles. The summed E-state index contributed by atoms with van der Waals surface area (Å²) in [7, 11) is 0. The normalized spacial score (nSPS) is 17.7. The van der Waals surface area contributed by atoms with E-state index in [2.05, 4.69) is 20.6 Å². The van der Waals surface area contributed by atoms with Crippen LogP contribution in [0.2, 0.25) is 0 Å². The molecule has 0 amide bonds. The third-order valence-electron chi connectivity index (χ3n) is 4.00. The van der Waals surface area contributed by atoms with E-state index in [0.29, 0.717) is 18.4 Å². The highest BCUT2D eigenvalue weighted by Crippen LogP contribution is 2.32. The Morgan fingerprint density at radius 3 is 2.85 bits per heavy atom. The lowest BCUT2D eigenvalue weighted by atomic mass is 10.1. The highest BCUT2D eigenvalue weighted by Gasteiger charge is 2.23. The van der Waals surface area contributed by atoms with Crippen molar-refractivity contribution in [3.05, 3.63) is 29.2 Å². The Morgan fingerprint density at radius 2 is 2.15 bits per heavy atom. The molecule has 1 saturated carbocycles. The topological polar surface area (TPSA) is 77.0 Å². The number of hydrogen-bond acceptors (Lipinski definition) is 6. The van der Waals surface area contributed by atoms with Gasteiger partial charge in [-0.1, -0.05) is 23.2 Å². The molecule has 1 N–H and O–H groups in total. The molecule has 1 unspecified atom stereocenters. The molecule has 0 bridgehead atoms. The molecule has 6 heteroatoms. The standard InChI is InChI=1S/C14H20N4O2/c1-9(15-7-12-8-16-19-10(12)2)14-17-13(18-20-14)11-5-3-4-6-11/h8-9,11,15H,3-7H2,1-2H3. The zero-order valence-electron chi connectivity index (χ0n) is 11.9. The molecule has 1 atom stereocenters.